The number of carbonyl (C=O) groups excluding carboxylic acids is 2. The Morgan fingerprint density at radius 3 is 2.77 bits per heavy atom. The first-order chi connectivity index (χ1) is 12.6. The number of nitrogens with zero attached hydrogens (tertiary/aromatic N) is 3. The summed E-state index contributed by atoms with van der Waals surface area (Å²) < 4.78 is 7.23. The van der Waals surface area contributed by atoms with Gasteiger partial charge in [0.1, 0.15) is 6.04 Å². The lowest BCUT2D eigenvalue weighted by Crippen LogP contribution is -2.58. The third-order valence-corrected chi connectivity index (χ3v) is 5.04. The fourth-order valence-corrected chi connectivity index (χ4v) is 3.47. The average Bonchev–Trinajstić information content (AvgIpc) is 3.04. The first-order valence-corrected chi connectivity index (χ1v) is 8.84. The highest BCUT2D eigenvalue weighted by molar-refractivity contribution is 6.07. The van der Waals surface area contributed by atoms with Gasteiger partial charge in [-0.05, 0) is 13.1 Å². The fraction of sp³-hybridized carbons (Fsp3) is 0.474. The van der Waals surface area contributed by atoms with E-state index in [1.165, 1.54) is 0 Å². The maximum Gasteiger partial charge on any atom is 0.256 e. The summed E-state index contributed by atoms with van der Waals surface area (Å²) >= 11 is 0. The van der Waals surface area contributed by atoms with Crippen LogP contribution in [0, 0.1) is 0 Å². The number of nitrogens with one attached hydrogen (secondary N) is 1. The minimum Gasteiger partial charge on any atom is -0.383 e. The second-order valence-electron chi connectivity index (χ2n) is 6.61. The van der Waals surface area contributed by atoms with Crippen LogP contribution in [0.4, 0.5) is 0 Å². The van der Waals surface area contributed by atoms with Crippen LogP contribution in [0.25, 0.3) is 10.9 Å². The summed E-state index contributed by atoms with van der Waals surface area (Å²) in [5.74, 6) is -0.0908. The predicted octanol–water partition coefficient (Wildman–Crippen LogP) is 0.790. The van der Waals surface area contributed by atoms with Crippen molar-refractivity contribution in [2.24, 2.45) is 0 Å². The van der Waals surface area contributed by atoms with Gasteiger partial charge in [-0.15, -0.1) is 0 Å². The van der Waals surface area contributed by atoms with Gasteiger partial charge in [0.2, 0.25) is 5.91 Å². The van der Waals surface area contributed by atoms with E-state index in [4.69, 9.17) is 4.74 Å². The monoisotopic (exact) mass is 358 g/mol. The number of rotatable bonds is 5. The summed E-state index contributed by atoms with van der Waals surface area (Å²) in [6.45, 7) is 2.95. The standard InChI is InChI=1S/C19H26N4O3/c1-20-18(24)17-13-23(9-8-21(17)2)19(25)15-12-22(10-11-26-3)16-7-5-4-6-14(15)16/h4-7,12,17H,8-11,13H2,1-3H3,(H,20,24). The number of methoxy groups -OCH3 is 1. The van der Waals surface area contributed by atoms with Crippen molar-refractivity contribution in [2.75, 3.05) is 47.4 Å². The third kappa shape index (κ3) is 3.45. The molecule has 0 bridgehead atoms. The minimum atomic E-state index is -0.320. The minimum absolute atomic E-state index is 0.0284. The summed E-state index contributed by atoms with van der Waals surface area (Å²) in [5.41, 5.74) is 1.70. The van der Waals surface area contributed by atoms with Gasteiger partial charge in [0.05, 0.1) is 12.2 Å². The molecule has 2 amide bonds. The summed E-state index contributed by atoms with van der Waals surface area (Å²) in [4.78, 5) is 29.1. The second-order valence-corrected chi connectivity index (χ2v) is 6.61. The van der Waals surface area contributed by atoms with Gasteiger partial charge in [-0.1, -0.05) is 18.2 Å². The third-order valence-electron chi connectivity index (χ3n) is 5.04. The lowest BCUT2D eigenvalue weighted by Gasteiger charge is -2.38. The van der Waals surface area contributed by atoms with Gasteiger partial charge in [0.25, 0.3) is 5.91 Å². The Bertz CT molecular complexity index is 801. The van der Waals surface area contributed by atoms with Gasteiger partial charge >= 0.3 is 0 Å². The lowest BCUT2D eigenvalue weighted by atomic mass is 10.1. The predicted molar refractivity (Wildman–Crippen MR) is 100 cm³/mol. The molecule has 1 unspecified atom stereocenters. The van der Waals surface area contributed by atoms with Crippen LogP contribution in [0.15, 0.2) is 30.5 Å². The molecule has 1 fully saturated rings. The smallest absolute Gasteiger partial charge is 0.256 e. The van der Waals surface area contributed by atoms with E-state index in [0.717, 1.165) is 10.9 Å². The molecule has 1 aliphatic rings. The highest BCUT2D eigenvalue weighted by atomic mass is 16.5. The number of amides is 2. The number of hydrogen-bond acceptors (Lipinski definition) is 4. The normalized spacial score (nSPS) is 18.3. The summed E-state index contributed by atoms with van der Waals surface area (Å²) in [6, 6.07) is 7.57. The molecule has 0 saturated carbocycles. The van der Waals surface area contributed by atoms with E-state index in [9.17, 15) is 9.59 Å². The molecule has 0 radical (unpaired) electrons. The van der Waals surface area contributed by atoms with Gasteiger partial charge < -0.3 is 19.5 Å². The SMILES string of the molecule is CNC(=O)C1CN(C(=O)c2cn(CCOC)c3ccccc23)CCN1C. The number of benzene rings is 1. The Kier molecular flexibility index (Phi) is 5.58. The van der Waals surface area contributed by atoms with Gasteiger partial charge in [-0.25, -0.2) is 0 Å². The molecule has 1 N–H and O–H groups in total. The number of hydrogen-bond donors (Lipinski definition) is 1. The van der Waals surface area contributed by atoms with E-state index >= 15 is 0 Å². The fourth-order valence-electron chi connectivity index (χ4n) is 3.47. The van der Waals surface area contributed by atoms with Crippen LogP contribution < -0.4 is 5.32 Å². The van der Waals surface area contributed by atoms with E-state index in [0.29, 0.717) is 38.3 Å². The lowest BCUT2D eigenvalue weighted by molar-refractivity contribution is -0.127. The molecular formula is C19H26N4O3. The molecule has 1 aromatic heterocycles. The van der Waals surface area contributed by atoms with E-state index in [2.05, 4.69) is 9.88 Å². The maximum absolute atomic E-state index is 13.2. The van der Waals surface area contributed by atoms with Crippen LogP contribution in [0.1, 0.15) is 10.4 Å². The van der Waals surface area contributed by atoms with E-state index in [-0.39, 0.29) is 17.9 Å². The topological polar surface area (TPSA) is 66.8 Å². The van der Waals surface area contributed by atoms with Gasteiger partial charge in [0.15, 0.2) is 0 Å². The number of fused-ring (bicyclic) bond motifs is 1. The molecule has 26 heavy (non-hydrogen) atoms. The first-order valence-electron chi connectivity index (χ1n) is 8.84. The van der Waals surface area contributed by atoms with Crippen molar-refractivity contribution in [1.29, 1.82) is 0 Å². The summed E-state index contributed by atoms with van der Waals surface area (Å²) in [5, 5.41) is 3.62. The molecule has 3 rings (SSSR count). The zero-order valence-corrected chi connectivity index (χ0v) is 15.6. The quantitative estimate of drug-likeness (QED) is 0.858. The van der Waals surface area contributed by atoms with Crippen molar-refractivity contribution in [3.8, 4) is 0 Å². The summed E-state index contributed by atoms with van der Waals surface area (Å²) in [7, 11) is 5.21. The number of para-hydroxylation sites is 1. The van der Waals surface area contributed by atoms with E-state index < -0.39 is 0 Å². The Morgan fingerprint density at radius 2 is 2.04 bits per heavy atom. The average molecular weight is 358 g/mol. The molecule has 0 aliphatic carbocycles. The van der Waals surface area contributed by atoms with Crippen LogP contribution in [0.2, 0.25) is 0 Å². The van der Waals surface area contributed by atoms with Crippen LogP contribution in [-0.2, 0) is 16.1 Å². The van der Waals surface area contributed by atoms with Gasteiger partial charge in [-0.3, -0.25) is 14.5 Å². The Hall–Kier alpha value is -2.38. The van der Waals surface area contributed by atoms with Crippen molar-refractivity contribution in [1.82, 2.24) is 19.7 Å². The number of carbonyl (C=O) groups is 2. The summed E-state index contributed by atoms with van der Waals surface area (Å²) in [6.07, 6.45) is 1.90. The highest BCUT2D eigenvalue weighted by Gasteiger charge is 2.32. The molecule has 140 valence electrons. The molecule has 7 heteroatoms. The molecule has 2 aromatic rings. The van der Waals surface area contributed by atoms with Crippen molar-refractivity contribution in [3.05, 3.63) is 36.0 Å². The first kappa shape index (κ1) is 18.4. The van der Waals surface area contributed by atoms with Gasteiger partial charge in [-0.2, -0.15) is 0 Å². The van der Waals surface area contributed by atoms with E-state index in [1.54, 1.807) is 19.1 Å². The molecular weight excluding hydrogens is 332 g/mol. The van der Waals surface area contributed by atoms with E-state index in [1.807, 2.05) is 42.4 Å². The zero-order chi connectivity index (χ0) is 18.7. The Balaban J connectivity index is 1.89. The molecule has 1 aromatic carbocycles. The molecule has 7 nitrogen and oxygen atoms in total. The molecule has 1 aliphatic heterocycles. The van der Waals surface area contributed by atoms with Crippen LogP contribution in [-0.4, -0.2) is 79.7 Å². The molecule has 1 atom stereocenters. The van der Waals surface area contributed by atoms with Crippen molar-refractivity contribution in [3.63, 3.8) is 0 Å². The van der Waals surface area contributed by atoms with Crippen LogP contribution in [0.3, 0.4) is 0 Å². The number of piperazine rings is 1. The van der Waals surface area contributed by atoms with Crippen LogP contribution >= 0.6 is 0 Å². The second kappa shape index (κ2) is 7.88. The molecule has 0 spiro atoms. The van der Waals surface area contributed by atoms with Crippen molar-refractivity contribution >= 4 is 22.7 Å². The molecule has 1 saturated heterocycles. The van der Waals surface area contributed by atoms with Gasteiger partial charge in [0, 0.05) is 57.4 Å². The van der Waals surface area contributed by atoms with Crippen LogP contribution in [0.5, 0.6) is 0 Å². The van der Waals surface area contributed by atoms with Crippen molar-refractivity contribution < 1.29 is 14.3 Å². The highest BCUT2D eigenvalue weighted by Crippen LogP contribution is 2.24. The number of likely N-dealkylation sites (N-methyl/N-ethyl adjacent to an activating group) is 2. The Labute approximate surface area is 153 Å². The van der Waals surface area contributed by atoms with Crippen molar-refractivity contribution in [2.45, 2.75) is 12.6 Å². The number of ether oxygens (including phenoxy) is 1. The molecule has 2 heterocycles. The number of aromatic nitrogens is 1. The zero-order valence-electron chi connectivity index (χ0n) is 15.6. The maximum atomic E-state index is 13.2. The Morgan fingerprint density at radius 1 is 1.27 bits per heavy atom. The largest absolute Gasteiger partial charge is 0.383 e.